The molecule has 0 aliphatic carbocycles. The van der Waals surface area contributed by atoms with Gasteiger partial charge in [-0.2, -0.15) is 5.10 Å². The van der Waals surface area contributed by atoms with E-state index in [1.54, 1.807) is 0 Å². The van der Waals surface area contributed by atoms with E-state index in [9.17, 15) is 4.79 Å². The zero-order chi connectivity index (χ0) is 16.9. The predicted molar refractivity (Wildman–Crippen MR) is 106 cm³/mol. The molecule has 130 valence electrons. The van der Waals surface area contributed by atoms with Crippen molar-refractivity contribution in [2.45, 2.75) is 13.8 Å². The Bertz CT molecular complexity index is 864. The van der Waals surface area contributed by atoms with E-state index in [-0.39, 0.29) is 18.3 Å². The summed E-state index contributed by atoms with van der Waals surface area (Å²) in [6.07, 6.45) is 3.99. The van der Waals surface area contributed by atoms with Crippen LogP contribution in [0.5, 0.6) is 0 Å². The van der Waals surface area contributed by atoms with Crippen molar-refractivity contribution in [2.24, 2.45) is 0 Å². The summed E-state index contributed by atoms with van der Waals surface area (Å²) in [5.41, 5.74) is 3.70. The summed E-state index contributed by atoms with van der Waals surface area (Å²) < 4.78 is 0. The second kappa shape index (κ2) is 8.49. The SMILES string of the molecule is CCN(CC)C(=O)c1ccc(C=Cc2n[nH]c3ccccc23)cc1.Cl. The van der Waals surface area contributed by atoms with E-state index in [0.717, 1.165) is 40.8 Å². The standard InChI is InChI=1S/C20H21N3O.ClH/c1-3-23(4-2)20(24)16-12-9-15(10-13-16)11-14-19-17-7-5-6-8-18(17)21-22-19;/h5-14H,3-4H2,1-2H3,(H,21,22);1H. The van der Waals surface area contributed by atoms with E-state index < -0.39 is 0 Å². The fraction of sp³-hybridized carbons (Fsp3) is 0.200. The number of para-hydroxylation sites is 1. The average molecular weight is 356 g/mol. The quantitative estimate of drug-likeness (QED) is 0.725. The Morgan fingerprint density at radius 2 is 1.72 bits per heavy atom. The van der Waals surface area contributed by atoms with E-state index in [1.807, 2.05) is 79.4 Å². The number of benzene rings is 2. The minimum absolute atomic E-state index is 0. The zero-order valence-electron chi connectivity index (χ0n) is 14.4. The zero-order valence-corrected chi connectivity index (χ0v) is 15.2. The summed E-state index contributed by atoms with van der Waals surface area (Å²) in [5.74, 6) is 0.0776. The molecule has 0 atom stereocenters. The lowest BCUT2D eigenvalue weighted by Crippen LogP contribution is -2.30. The highest BCUT2D eigenvalue weighted by atomic mass is 35.5. The van der Waals surface area contributed by atoms with Gasteiger partial charge in [-0.25, -0.2) is 0 Å². The highest BCUT2D eigenvalue weighted by molar-refractivity contribution is 5.94. The van der Waals surface area contributed by atoms with Crippen LogP contribution in [0.4, 0.5) is 0 Å². The molecule has 1 amide bonds. The molecule has 25 heavy (non-hydrogen) atoms. The number of halogens is 1. The number of rotatable bonds is 5. The second-order valence-corrected chi connectivity index (χ2v) is 5.59. The number of amides is 1. The lowest BCUT2D eigenvalue weighted by atomic mass is 10.1. The smallest absolute Gasteiger partial charge is 0.253 e. The minimum Gasteiger partial charge on any atom is -0.339 e. The maximum atomic E-state index is 12.3. The first-order valence-corrected chi connectivity index (χ1v) is 8.23. The van der Waals surface area contributed by atoms with Gasteiger partial charge in [0, 0.05) is 24.0 Å². The van der Waals surface area contributed by atoms with Gasteiger partial charge in [0.05, 0.1) is 11.2 Å². The van der Waals surface area contributed by atoms with Crippen molar-refractivity contribution in [3.05, 3.63) is 65.4 Å². The topological polar surface area (TPSA) is 49.0 Å². The number of hydrogen-bond donors (Lipinski definition) is 1. The molecule has 0 aliphatic rings. The second-order valence-electron chi connectivity index (χ2n) is 5.59. The molecule has 0 spiro atoms. The summed E-state index contributed by atoms with van der Waals surface area (Å²) in [5, 5.41) is 8.45. The van der Waals surface area contributed by atoms with Gasteiger partial charge in [-0.1, -0.05) is 36.4 Å². The van der Waals surface area contributed by atoms with Crippen molar-refractivity contribution in [3.63, 3.8) is 0 Å². The van der Waals surface area contributed by atoms with Crippen LogP contribution in [0.3, 0.4) is 0 Å². The maximum Gasteiger partial charge on any atom is 0.253 e. The van der Waals surface area contributed by atoms with Crippen LogP contribution in [0.25, 0.3) is 23.1 Å². The largest absolute Gasteiger partial charge is 0.339 e. The number of nitrogens with zero attached hydrogens (tertiary/aromatic N) is 2. The Balaban J connectivity index is 0.00000225. The van der Waals surface area contributed by atoms with Crippen molar-refractivity contribution >= 4 is 41.4 Å². The molecule has 1 N–H and O–H groups in total. The van der Waals surface area contributed by atoms with Gasteiger partial charge in [0.25, 0.3) is 5.91 Å². The third-order valence-electron chi connectivity index (χ3n) is 4.14. The summed E-state index contributed by atoms with van der Waals surface area (Å²) in [7, 11) is 0. The number of hydrogen-bond acceptors (Lipinski definition) is 2. The molecule has 5 heteroatoms. The van der Waals surface area contributed by atoms with Crippen LogP contribution in [0.15, 0.2) is 48.5 Å². The fourth-order valence-electron chi connectivity index (χ4n) is 2.72. The van der Waals surface area contributed by atoms with Crippen LogP contribution in [0.1, 0.15) is 35.5 Å². The molecular formula is C20H22ClN3O. The van der Waals surface area contributed by atoms with Gasteiger partial charge < -0.3 is 4.90 Å². The van der Waals surface area contributed by atoms with Gasteiger partial charge in [0.1, 0.15) is 0 Å². The minimum atomic E-state index is 0. The number of aromatic amines is 1. The molecule has 2 aromatic carbocycles. The molecule has 0 aliphatic heterocycles. The molecule has 0 bridgehead atoms. The van der Waals surface area contributed by atoms with Gasteiger partial charge in [0.15, 0.2) is 0 Å². The van der Waals surface area contributed by atoms with Crippen molar-refractivity contribution in [3.8, 4) is 0 Å². The number of H-pyrrole nitrogens is 1. The summed E-state index contributed by atoms with van der Waals surface area (Å²) in [4.78, 5) is 14.1. The van der Waals surface area contributed by atoms with Crippen molar-refractivity contribution in [1.29, 1.82) is 0 Å². The molecule has 3 aromatic rings. The molecule has 0 fully saturated rings. The molecular weight excluding hydrogens is 334 g/mol. The molecule has 1 heterocycles. The Morgan fingerprint density at radius 1 is 1.04 bits per heavy atom. The molecule has 0 saturated carbocycles. The van der Waals surface area contributed by atoms with Crippen molar-refractivity contribution in [1.82, 2.24) is 15.1 Å². The fourth-order valence-corrected chi connectivity index (χ4v) is 2.72. The Morgan fingerprint density at radius 3 is 2.40 bits per heavy atom. The average Bonchev–Trinajstić information content (AvgIpc) is 3.04. The Labute approximate surface area is 154 Å². The Hall–Kier alpha value is -2.59. The molecule has 1 aromatic heterocycles. The molecule has 0 radical (unpaired) electrons. The first-order chi connectivity index (χ1) is 11.7. The van der Waals surface area contributed by atoms with Crippen molar-refractivity contribution in [2.75, 3.05) is 13.1 Å². The Kier molecular flexibility index (Phi) is 6.37. The van der Waals surface area contributed by atoms with Crippen LogP contribution < -0.4 is 0 Å². The highest BCUT2D eigenvalue weighted by Gasteiger charge is 2.11. The first-order valence-electron chi connectivity index (χ1n) is 8.23. The normalized spacial score (nSPS) is 10.8. The lowest BCUT2D eigenvalue weighted by molar-refractivity contribution is 0.0773. The van der Waals surface area contributed by atoms with Crippen molar-refractivity contribution < 1.29 is 4.79 Å². The van der Waals surface area contributed by atoms with Crippen LogP contribution >= 0.6 is 12.4 Å². The first kappa shape index (κ1) is 18.7. The van der Waals surface area contributed by atoms with E-state index in [0.29, 0.717) is 0 Å². The van der Waals surface area contributed by atoms with E-state index in [4.69, 9.17) is 0 Å². The van der Waals surface area contributed by atoms with Gasteiger partial charge in [-0.3, -0.25) is 9.89 Å². The number of fused-ring (bicyclic) bond motifs is 1. The predicted octanol–water partition coefficient (Wildman–Crippen LogP) is 4.64. The van der Waals surface area contributed by atoms with E-state index in [1.165, 1.54) is 0 Å². The number of carbonyl (C=O) groups is 1. The molecule has 4 nitrogen and oxygen atoms in total. The van der Waals surface area contributed by atoms with E-state index in [2.05, 4.69) is 10.2 Å². The van der Waals surface area contributed by atoms with Gasteiger partial charge in [-0.05, 0) is 43.7 Å². The highest BCUT2D eigenvalue weighted by Crippen LogP contribution is 2.18. The van der Waals surface area contributed by atoms with Crippen LogP contribution in [-0.2, 0) is 0 Å². The third-order valence-corrected chi connectivity index (χ3v) is 4.14. The molecule has 0 saturated heterocycles. The number of nitrogens with one attached hydrogen (secondary N) is 1. The van der Waals surface area contributed by atoms with Crippen LogP contribution in [0, 0.1) is 0 Å². The summed E-state index contributed by atoms with van der Waals surface area (Å²) in [6.45, 7) is 5.44. The third kappa shape index (κ3) is 4.09. The van der Waals surface area contributed by atoms with Crippen LogP contribution in [0.2, 0.25) is 0 Å². The molecule has 0 unspecified atom stereocenters. The van der Waals surface area contributed by atoms with Gasteiger partial charge >= 0.3 is 0 Å². The summed E-state index contributed by atoms with van der Waals surface area (Å²) in [6, 6.07) is 15.7. The number of aromatic nitrogens is 2. The number of carbonyl (C=O) groups excluding carboxylic acids is 1. The maximum absolute atomic E-state index is 12.3. The van der Waals surface area contributed by atoms with Gasteiger partial charge in [0.2, 0.25) is 0 Å². The lowest BCUT2D eigenvalue weighted by Gasteiger charge is -2.18. The molecule has 3 rings (SSSR count). The van der Waals surface area contributed by atoms with Gasteiger partial charge in [-0.15, -0.1) is 12.4 Å². The monoisotopic (exact) mass is 355 g/mol. The van der Waals surface area contributed by atoms with Crippen LogP contribution in [-0.4, -0.2) is 34.1 Å². The summed E-state index contributed by atoms with van der Waals surface area (Å²) >= 11 is 0. The van der Waals surface area contributed by atoms with E-state index >= 15 is 0 Å².